The first-order valence-electron chi connectivity index (χ1n) is 7.05. The second-order valence-electron chi connectivity index (χ2n) is 5.01. The summed E-state index contributed by atoms with van der Waals surface area (Å²) in [5.41, 5.74) is 4.08. The smallest absolute Gasteiger partial charge is 0.173 e. The maximum Gasteiger partial charge on any atom is 0.173 e. The third-order valence-corrected chi connectivity index (χ3v) is 3.70. The van der Waals surface area contributed by atoms with E-state index in [0.29, 0.717) is 22.8 Å². The quantitative estimate of drug-likeness (QED) is 0.795. The molecular formula is C18H17NO3. The highest BCUT2D eigenvalue weighted by Gasteiger charge is 2.21. The molecule has 1 N–H and O–H groups in total. The molecule has 0 radical (unpaired) electrons. The van der Waals surface area contributed by atoms with E-state index in [1.165, 1.54) is 0 Å². The molecule has 0 saturated carbocycles. The predicted octanol–water partition coefficient (Wildman–Crippen LogP) is 3.82. The van der Waals surface area contributed by atoms with Gasteiger partial charge < -0.3 is 14.4 Å². The average molecular weight is 295 g/mol. The van der Waals surface area contributed by atoms with Crippen molar-refractivity contribution >= 4 is 0 Å². The number of aromatic nitrogens is 1. The number of hydrogen-bond donors (Lipinski definition) is 1. The molecule has 0 amide bonds. The normalized spacial score (nSPS) is 10.7. The van der Waals surface area contributed by atoms with Crippen LogP contribution in [0.4, 0.5) is 0 Å². The van der Waals surface area contributed by atoms with E-state index in [1.807, 2.05) is 55.5 Å². The fraction of sp³-hybridized carbons (Fsp3) is 0.167. The van der Waals surface area contributed by atoms with Gasteiger partial charge in [0.25, 0.3) is 0 Å². The summed E-state index contributed by atoms with van der Waals surface area (Å²) in [4.78, 5) is 0. The lowest BCUT2D eigenvalue weighted by atomic mass is 9.99. The molecule has 0 atom stereocenters. The minimum atomic E-state index is -0.152. The van der Waals surface area contributed by atoms with E-state index in [2.05, 4.69) is 5.16 Å². The number of methoxy groups -OCH3 is 1. The summed E-state index contributed by atoms with van der Waals surface area (Å²) < 4.78 is 10.9. The number of ether oxygens (including phenoxy) is 1. The second-order valence-corrected chi connectivity index (χ2v) is 5.01. The summed E-state index contributed by atoms with van der Waals surface area (Å²) in [6.07, 6.45) is 0. The Hall–Kier alpha value is -2.59. The lowest BCUT2D eigenvalue weighted by molar-refractivity contribution is 0.281. The number of aliphatic hydroxyl groups excluding tert-OH is 1. The zero-order valence-electron chi connectivity index (χ0n) is 12.5. The van der Waals surface area contributed by atoms with Crippen LogP contribution in [0.2, 0.25) is 0 Å². The highest BCUT2D eigenvalue weighted by molar-refractivity contribution is 5.76. The minimum Gasteiger partial charge on any atom is -0.496 e. The Balaban J connectivity index is 2.18. The van der Waals surface area contributed by atoms with Crippen molar-refractivity contribution < 1.29 is 14.4 Å². The molecule has 1 aromatic heterocycles. The Labute approximate surface area is 129 Å². The number of para-hydroxylation sites is 1. The van der Waals surface area contributed by atoms with E-state index in [0.717, 1.165) is 16.7 Å². The first kappa shape index (κ1) is 14.4. The molecule has 0 aliphatic rings. The first-order chi connectivity index (χ1) is 10.8. The van der Waals surface area contributed by atoms with E-state index >= 15 is 0 Å². The van der Waals surface area contributed by atoms with E-state index < -0.39 is 0 Å². The van der Waals surface area contributed by atoms with Crippen molar-refractivity contribution in [2.45, 2.75) is 13.5 Å². The van der Waals surface area contributed by atoms with Crippen molar-refractivity contribution in [2.75, 3.05) is 7.11 Å². The molecule has 4 heteroatoms. The number of rotatable bonds is 4. The van der Waals surface area contributed by atoms with Gasteiger partial charge >= 0.3 is 0 Å². The number of aryl methyl sites for hydroxylation is 1. The van der Waals surface area contributed by atoms with Crippen molar-refractivity contribution in [3.63, 3.8) is 0 Å². The first-order valence-corrected chi connectivity index (χ1v) is 7.05. The van der Waals surface area contributed by atoms with Crippen molar-refractivity contribution in [1.29, 1.82) is 0 Å². The maximum absolute atomic E-state index is 9.82. The maximum atomic E-state index is 9.82. The van der Waals surface area contributed by atoms with Gasteiger partial charge in [0.2, 0.25) is 0 Å². The molecule has 1 heterocycles. The van der Waals surface area contributed by atoms with E-state index in [1.54, 1.807) is 7.11 Å². The van der Waals surface area contributed by atoms with Crippen LogP contribution in [-0.4, -0.2) is 17.4 Å². The molecule has 0 bridgehead atoms. The van der Waals surface area contributed by atoms with Gasteiger partial charge in [-0.3, -0.25) is 0 Å². The average Bonchev–Trinajstić information content (AvgIpc) is 2.98. The zero-order chi connectivity index (χ0) is 15.5. The summed E-state index contributed by atoms with van der Waals surface area (Å²) in [6, 6.07) is 15.4. The van der Waals surface area contributed by atoms with Gasteiger partial charge in [-0.25, -0.2) is 0 Å². The highest BCUT2D eigenvalue weighted by Crippen LogP contribution is 2.37. The van der Waals surface area contributed by atoms with Crippen LogP contribution in [0.5, 0.6) is 5.75 Å². The fourth-order valence-corrected chi connectivity index (χ4v) is 2.55. The Kier molecular flexibility index (Phi) is 3.94. The van der Waals surface area contributed by atoms with E-state index in [4.69, 9.17) is 9.26 Å². The van der Waals surface area contributed by atoms with Gasteiger partial charge in [0.1, 0.15) is 11.4 Å². The van der Waals surface area contributed by atoms with Crippen molar-refractivity contribution in [3.05, 3.63) is 59.7 Å². The van der Waals surface area contributed by atoms with Gasteiger partial charge in [-0.15, -0.1) is 0 Å². The molecule has 22 heavy (non-hydrogen) atoms. The molecule has 0 aliphatic heterocycles. The molecule has 3 aromatic rings. The third kappa shape index (κ3) is 2.38. The molecule has 0 saturated heterocycles. The van der Waals surface area contributed by atoms with Crippen molar-refractivity contribution in [2.24, 2.45) is 0 Å². The minimum absolute atomic E-state index is 0.152. The number of hydrogen-bond acceptors (Lipinski definition) is 4. The van der Waals surface area contributed by atoms with Crippen LogP contribution in [0.1, 0.15) is 11.1 Å². The largest absolute Gasteiger partial charge is 0.496 e. The van der Waals surface area contributed by atoms with E-state index in [-0.39, 0.29) is 6.61 Å². The molecule has 0 aliphatic carbocycles. The number of benzene rings is 2. The number of aliphatic hydroxyl groups is 1. The Morgan fingerprint density at radius 3 is 2.41 bits per heavy atom. The van der Waals surface area contributed by atoms with Crippen LogP contribution in [0.15, 0.2) is 53.1 Å². The summed E-state index contributed by atoms with van der Waals surface area (Å²) in [5, 5.41) is 14.0. The summed E-state index contributed by atoms with van der Waals surface area (Å²) in [6.45, 7) is 1.85. The molecule has 3 rings (SSSR count). The molecular weight excluding hydrogens is 278 g/mol. The molecule has 2 aromatic carbocycles. The SMILES string of the molecule is COc1ccccc1-c1noc(-c2ccccc2C)c1CO. The van der Waals surface area contributed by atoms with Gasteiger partial charge in [-0.2, -0.15) is 0 Å². The monoisotopic (exact) mass is 295 g/mol. The van der Waals surface area contributed by atoms with Gasteiger partial charge in [-0.1, -0.05) is 41.6 Å². The van der Waals surface area contributed by atoms with Crippen LogP contribution in [0, 0.1) is 6.92 Å². The molecule has 0 unspecified atom stereocenters. The zero-order valence-corrected chi connectivity index (χ0v) is 12.5. The van der Waals surface area contributed by atoms with Gasteiger partial charge in [0.05, 0.1) is 19.3 Å². The van der Waals surface area contributed by atoms with Crippen LogP contribution in [0.3, 0.4) is 0 Å². The van der Waals surface area contributed by atoms with Crippen LogP contribution < -0.4 is 4.74 Å². The summed E-state index contributed by atoms with van der Waals surface area (Å²) in [5.74, 6) is 1.29. The molecule has 112 valence electrons. The fourth-order valence-electron chi connectivity index (χ4n) is 2.55. The summed E-state index contributed by atoms with van der Waals surface area (Å²) >= 11 is 0. The van der Waals surface area contributed by atoms with Crippen molar-refractivity contribution in [1.82, 2.24) is 5.16 Å². The lowest BCUT2D eigenvalue weighted by Crippen LogP contribution is -1.93. The Bertz CT molecular complexity index is 793. The van der Waals surface area contributed by atoms with Crippen molar-refractivity contribution in [3.8, 4) is 28.3 Å². The van der Waals surface area contributed by atoms with Gasteiger partial charge in [-0.05, 0) is 24.6 Å². The lowest BCUT2D eigenvalue weighted by Gasteiger charge is -2.07. The predicted molar refractivity (Wildman–Crippen MR) is 84.6 cm³/mol. The number of nitrogens with zero attached hydrogens (tertiary/aromatic N) is 1. The van der Waals surface area contributed by atoms with Crippen LogP contribution >= 0.6 is 0 Å². The van der Waals surface area contributed by atoms with Gasteiger partial charge in [0.15, 0.2) is 5.76 Å². The molecule has 4 nitrogen and oxygen atoms in total. The topological polar surface area (TPSA) is 55.5 Å². The molecule has 0 spiro atoms. The second kappa shape index (κ2) is 6.03. The van der Waals surface area contributed by atoms with Crippen LogP contribution in [0.25, 0.3) is 22.6 Å². The Morgan fingerprint density at radius 2 is 1.73 bits per heavy atom. The van der Waals surface area contributed by atoms with Crippen LogP contribution in [-0.2, 0) is 6.61 Å². The highest BCUT2D eigenvalue weighted by atomic mass is 16.5. The Morgan fingerprint density at radius 1 is 1.05 bits per heavy atom. The summed E-state index contributed by atoms with van der Waals surface area (Å²) in [7, 11) is 1.61. The third-order valence-electron chi connectivity index (χ3n) is 3.70. The van der Waals surface area contributed by atoms with E-state index in [9.17, 15) is 5.11 Å². The van der Waals surface area contributed by atoms with Gasteiger partial charge in [0, 0.05) is 11.1 Å². The molecule has 0 fully saturated rings. The standard InChI is InChI=1S/C18H17NO3/c1-12-7-3-4-8-13(12)18-15(11-20)17(19-22-18)14-9-5-6-10-16(14)21-2/h3-10,20H,11H2,1-2H3.